The Bertz CT molecular complexity index is 561. The maximum atomic E-state index is 12.6. The third-order valence-corrected chi connectivity index (χ3v) is 4.03. The van der Waals surface area contributed by atoms with Crippen LogP contribution in [0, 0.1) is 6.92 Å². The SMILES string of the molecule is Cc1ccccc1CN1C(=O)C(C)(C)NC(=O)C1(C)C. The van der Waals surface area contributed by atoms with Crippen LogP contribution in [-0.4, -0.2) is 27.8 Å². The van der Waals surface area contributed by atoms with Gasteiger partial charge in [0.05, 0.1) is 0 Å². The first kappa shape index (κ1) is 14.6. The number of benzene rings is 1. The molecule has 1 saturated heterocycles. The molecule has 1 aromatic rings. The molecule has 4 nitrogen and oxygen atoms in total. The summed E-state index contributed by atoms with van der Waals surface area (Å²) in [6, 6.07) is 7.94. The Balaban J connectivity index is 2.39. The van der Waals surface area contributed by atoms with Crippen molar-refractivity contribution in [3.8, 4) is 0 Å². The highest BCUT2D eigenvalue weighted by molar-refractivity contribution is 6.01. The Morgan fingerprint density at radius 2 is 1.70 bits per heavy atom. The smallest absolute Gasteiger partial charge is 0.248 e. The van der Waals surface area contributed by atoms with Gasteiger partial charge in [-0.15, -0.1) is 0 Å². The highest BCUT2D eigenvalue weighted by Gasteiger charge is 2.49. The van der Waals surface area contributed by atoms with E-state index in [9.17, 15) is 9.59 Å². The maximum Gasteiger partial charge on any atom is 0.248 e. The second kappa shape index (κ2) is 4.62. The monoisotopic (exact) mass is 274 g/mol. The van der Waals surface area contributed by atoms with Crippen LogP contribution in [0.25, 0.3) is 0 Å². The van der Waals surface area contributed by atoms with Gasteiger partial charge in [0.1, 0.15) is 11.1 Å². The largest absolute Gasteiger partial charge is 0.340 e. The van der Waals surface area contributed by atoms with E-state index in [1.807, 2.05) is 31.2 Å². The molecular weight excluding hydrogens is 252 g/mol. The van der Waals surface area contributed by atoms with Gasteiger partial charge in [0.15, 0.2) is 0 Å². The highest BCUT2D eigenvalue weighted by Crippen LogP contribution is 2.28. The molecule has 2 rings (SSSR count). The zero-order valence-corrected chi connectivity index (χ0v) is 12.8. The van der Waals surface area contributed by atoms with E-state index in [1.165, 1.54) is 0 Å². The number of hydrogen-bond acceptors (Lipinski definition) is 2. The minimum atomic E-state index is -0.852. The summed E-state index contributed by atoms with van der Waals surface area (Å²) < 4.78 is 0. The van der Waals surface area contributed by atoms with Gasteiger partial charge in [0, 0.05) is 6.54 Å². The number of carbonyl (C=O) groups excluding carboxylic acids is 2. The van der Waals surface area contributed by atoms with Crippen LogP contribution < -0.4 is 5.32 Å². The molecule has 2 amide bonds. The van der Waals surface area contributed by atoms with Crippen molar-refractivity contribution >= 4 is 11.8 Å². The van der Waals surface area contributed by atoms with Gasteiger partial charge in [-0.25, -0.2) is 0 Å². The Labute approximate surface area is 120 Å². The molecule has 0 spiro atoms. The summed E-state index contributed by atoms with van der Waals surface area (Å²) in [5, 5.41) is 2.80. The average molecular weight is 274 g/mol. The van der Waals surface area contributed by atoms with Crippen LogP contribution in [0.1, 0.15) is 38.8 Å². The van der Waals surface area contributed by atoms with Crippen molar-refractivity contribution in [3.05, 3.63) is 35.4 Å². The molecule has 1 fully saturated rings. The van der Waals surface area contributed by atoms with Crippen molar-refractivity contribution in [1.29, 1.82) is 0 Å². The van der Waals surface area contributed by atoms with Crippen LogP contribution in [-0.2, 0) is 16.1 Å². The maximum absolute atomic E-state index is 12.6. The Morgan fingerprint density at radius 1 is 1.10 bits per heavy atom. The van der Waals surface area contributed by atoms with Crippen molar-refractivity contribution in [2.45, 2.75) is 52.2 Å². The quantitative estimate of drug-likeness (QED) is 0.897. The van der Waals surface area contributed by atoms with Crippen molar-refractivity contribution in [1.82, 2.24) is 10.2 Å². The fourth-order valence-corrected chi connectivity index (χ4v) is 2.43. The zero-order valence-electron chi connectivity index (χ0n) is 12.8. The number of hydrogen-bond donors (Lipinski definition) is 1. The van der Waals surface area contributed by atoms with E-state index in [0.29, 0.717) is 6.54 Å². The molecule has 4 heteroatoms. The van der Waals surface area contributed by atoms with Gasteiger partial charge in [-0.1, -0.05) is 24.3 Å². The Morgan fingerprint density at radius 3 is 2.30 bits per heavy atom. The van der Waals surface area contributed by atoms with Gasteiger partial charge >= 0.3 is 0 Å². The summed E-state index contributed by atoms with van der Waals surface area (Å²) in [5.41, 5.74) is 0.504. The average Bonchev–Trinajstić information content (AvgIpc) is 2.34. The fourth-order valence-electron chi connectivity index (χ4n) is 2.43. The standard InChI is InChI=1S/C16H22N2O2/c1-11-8-6-7-9-12(11)10-18-14(20)15(2,3)17-13(19)16(18,4)5/h6-9H,10H2,1-5H3,(H,17,19). The van der Waals surface area contributed by atoms with E-state index in [1.54, 1.807) is 32.6 Å². The molecule has 1 heterocycles. The second-order valence-electron chi connectivity index (χ2n) is 6.46. The lowest BCUT2D eigenvalue weighted by atomic mass is 9.89. The topological polar surface area (TPSA) is 49.4 Å². The molecule has 20 heavy (non-hydrogen) atoms. The van der Waals surface area contributed by atoms with Crippen LogP contribution in [0.15, 0.2) is 24.3 Å². The molecule has 1 aromatic carbocycles. The lowest BCUT2D eigenvalue weighted by molar-refractivity contribution is -0.160. The number of carbonyl (C=O) groups is 2. The predicted octanol–water partition coefficient (Wildman–Crippen LogP) is 2.01. The number of piperazine rings is 1. The van der Waals surface area contributed by atoms with Gasteiger partial charge in [-0.3, -0.25) is 9.59 Å². The zero-order chi connectivity index (χ0) is 15.1. The van der Waals surface area contributed by atoms with Crippen molar-refractivity contribution in [3.63, 3.8) is 0 Å². The van der Waals surface area contributed by atoms with Crippen molar-refractivity contribution in [2.24, 2.45) is 0 Å². The van der Waals surface area contributed by atoms with Crippen LogP contribution >= 0.6 is 0 Å². The number of rotatable bonds is 2. The van der Waals surface area contributed by atoms with E-state index in [2.05, 4.69) is 5.32 Å². The fraction of sp³-hybridized carbons (Fsp3) is 0.500. The summed E-state index contributed by atoms with van der Waals surface area (Å²) in [5.74, 6) is -0.166. The summed E-state index contributed by atoms with van der Waals surface area (Å²) in [6.07, 6.45) is 0. The molecule has 0 saturated carbocycles. The second-order valence-corrected chi connectivity index (χ2v) is 6.46. The molecule has 0 atom stereocenters. The van der Waals surface area contributed by atoms with Crippen LogP contribution in [0.2, 0.25) is 0 Å². The summed E-state index contributed by atoms with van der Waals surface area (Å²) in [4.78, 5) is 26.6. The van der Waals surface area contributed by atoms with E-state index in [4.69, 9.17) is 0 Å². The van der Waals surface area contributed by atoms with Gasteiger partial charge in [-0.05, 0) is 45.7 Å². The normalized spacial score (nSPS) is 20.8. The number of amides is 2. The van der Waals surface area contributed by atoms with Crippen LogP contribution in [0.3, 0.4) is 0 Å². The predicted molar refractivity (Wildman–Crippen MR) is 78.0 cm³/mol. The molecule has 1 N–H and O–H groups in total. The van der Waals surface area contributed by atoms with Crippen LogP contribution in [0.5, 0.6) is 0 Å². The van der Waals surface area contributed by atoms with Gasteiger partial charge in [-0.2, -0.15) is 0 Å². The molecule has 1 aliphatic rings. The third kappa shape index (κ3) is 2.30. The number of nitrogens with zero attached hydrogens (tertiary/aromatic N) is 1. The Kier molecular flexibility index (Phi) is 3.36. The molecule has 0 unspecified atom stereocenters. The van der Waals surface area contributed by atoms with Gasteiger partial charge in [0.25, 0.3) is 0 Å². The van der Waals surface area contributed by atoms with E-state index < -0.39 is 11.1 Å². The van der Waals surface area contributed by atoms with E-state index in [-0.39, 0.29) is 11.8 Å². The molecule has 0 radical (unpaired) electrons. The summed E-state index contributed by atoms with van der Waals surface area (Å²) >= 11 is 0. The molecule has 0 bridgehead atoms. The first-order valence-corrected chi connectivity index (χ1v) is 6.85. The summed E-state index contributed by atoms with van der Waals surface area (Å²) in [7, 11) is 0. The Hall–Kier alpha value is -1.84. The van der Waals surface area contributed by atoms with Gasteiger partial charge in [0.2, 0.25) is 11.8 Å². The lowest BCUT2D eigenvalue weighted by Gasteiger charge is -2.47. The van der Waals surface area contributed by atoms with Crippen molar-refractivity contribution in [2.75, 3.05) is 0 Å². The van der Waals surface area contributed by atoms with Crippen molar-refractivity contribution < 1.29 is 9.59 Å². The summed E-state index contributed by atoms with van der Waals surface area (Å²) in [6.45, 7) is 9.53. The first-order valence-electron chi connectivity index (χ1n) is 6.85. The molecule has 108 valence electrons. The molecule has 1 aliphatic heterocycles. The lowest BCUT2D eigenvalue weighted by Crippen LogP contribution is -2.71. The van der Waals surface area contributed by atoms with E-state index >= 15 is 0 Å². The number of aryl methyl sites for hydroxylation is 1. The minimum absolute atomic E-state index is 0.0506. The molecule has 0 aromatic heterocycles. The van der Waals surface area contributed by atoms with Crippen LogP contribution in [0.4, 0.5) is 0 Å². The molecular formula is C16H22N2O2. The minimum Gasteiger partial charge on any atom is -0.340 e. The van der Waals surface area contributed by atoms with Gasteiger partial charge < -0.3 is 10.2 Å². The molecule has 0 aliphatic carbocycles. The number of nitrogens with one attached hydrogen (secondary N) is 1. The first-order chi connectivity index (χ1) is 9.16. The third-order valence-electron chi connectivity index (χ3n) is 4.03. The highest BCUT2D eigenvalue weighted by atomic mass is 16.2. The van der Waals surface area contributed by atoms with E-state index in [0.717, 1.165) is 11.1 Å².